The molecule has 0 heterocycles. The van der Waals surface area contributed by atoms with Crippen LogP contribution in [0.1, 0.15) is 40.5 Å². The molecule has 1 atom stereocenters. The van der Waals surface area contributed by atoms with Crippen molar-refractivity contribution in [1.29, 1.82) is 0 Å². The highest BCUT2D eigenvalue weighted by molar-refractivity contribution is 5.84. The van der Waals surface area contributed by atoms with E-state index in [1.54, 1.807) is 0 Å². The number of hydrogen-bond donors (Lipinski definition) is 5. The third-order valence-corrected chi connectivity index (χ3v) is 3.53. The highest BCUT2D eigenvalue weighted by atomic mass is 16.6. The number of alkyl carbamates (subject to hydrolysis) is 2. The minimum absolute atomic E-state index is 0.00747. The zero-order valence-electron chi connectivity index (χ0n) is 17.8. The second-order valence-electron chi connectivity index (χ2n) is 7.35. The van der Waals surface area contributed by atoms with Gasteiger partial charge in [0.05, 0.1) is 13.2 Å². The van der Waals surface area contributed by atoms with Gasteiger partial charge in [-0.05, 0) is 31.1 Å². The standard InChI is InChI=1S/C15H30N2O6.C4H6O2/c1-12(4-5-16-13(20)22-8-6-18)10-15(2,3)11-17-14(21)23-9-7-19;1-3(2)4(5)6/h12,18-19H,4-11H2,1-3H3,(H,16,20)(H,17,21);1H2,2H3,(H,5,6). The van der Waals surface area contributed by atoms with Crippen LogP contribution in [0.5, 0.6) is 0 Å². The van der Waals surface area contributed by atoms with Crippen molar-refractivity contribution in [2.75, 3.05) is 39.5 Å². The van der Waals surface area contributed by atoms with Crippen LogP contribution in [0.2, 0.25) is 0 Å². The van der Waals surface area contributed by atoms with Crippen molar-refractivity contribution in [3.8, 4) is 0 Å². The number of hydrogen-bond acceptors (Lipinski definition) is 7. The summed E-state index contributed by atoms with van der Waals surface area (Å²) in [6.45, 7) is 11.3. The lowest BCUT2D eigenvalue weighted by molar-refractivity contribution is -0.132. The van der Waals surface area contributed by atoms with E-state index < -0.39 is 18.2 Å². The number of nitrogens with one attached hydrogen (secondary N) is 2. The number of aliphatic carboxylic acids is 1. The number of ether oxygens (including phenoxy) is 2. The molecular formula is C19H36N2O8. The van der Waals surface area contributed by atoms with Gasteiger partial charge in [-0.15, -0.1) is 0 Å². The maximum atomic E-state index is 11.3. The van der Waals surface area contributed by atoms with Gasteiger partial charge in [0, 0.05) is 18.7 Å². The van der Waals surface area contributed by atoms with Gasteiger partial charge < -0.3 is 35.4 Å². The molecule has 1 unspecified atom stereocenters. The van der Waals surface area contributed by atoms with Crippen LogP contribution in [-0.4, -0.2) is 73.0 Å². The Bertz CT molecular complexity index is 496. The van der Waals surface area contributed by atoms with E-state index in [9.17, 15) is 14.4 Å². The van der Waals surface area contributed by atoms with Crippen molar-refractivity contribution in [3.05, 3.63) is 12.2 Å². The Morgan fingerprint density at radius 2 is 1.48 bits per heavy atom. The van der Waals surface area contributed by atoms with Crippen LogP contribution < -0.4 is 10.6 Å². The van der Waals surface area contributed by atoms with E-state index in [0.717, 1.165) is 12.8 Å². The van der Waals surface area contributed by atoms with Gasteiger partial charge in [-0.1, -0.05) is 27.4 Å². The predicted octanol–water partition coefficient (Wildman–Crippen LogP) is 1.51. The number of carboxylic acids is 1. The molecule has 10 nitrogen and oxygen atoms in total. The lowest BCUT2D eigenvalue weighted by Gasteiger charge is -2.28. The van der Waals surface area contributed by atoms with Gasteiger partial charge in [0.25, 0.3) is 0 Å². The first kappa shape index (κ1) is 28.9. The topological polar surface area (TPSA) is 154 Å². The molecule has 0 aromatic heterocycles. The summed E-state index contributed by atoms with van der Waals surface area (Å²) in [6, 6.07) is 0. The normalized spacial score (nSPS) is 11.4. The van der Waals surface area contributed by atoms with E-state index in [1.165, 1.54) is 6.92 Å². The maximum absolute atomic E-state index is 11.3. The zero-order chi connectivity index (χ0) is 22.9. The largest absolute Gasteiger partial charge is 0.478 e. The second kappa shape index (κ2) is 16.6. The Morgan fingerprint density at radius 3 is 1.90 bits per heavy atom. The Labute approximate surface area is 172 Å². The van der Waals surface area contributed by atoms with Crippen molar-refractivity contribution in [1.82, 2.24) is 10.6 Å². The first-order valence-electron chi connectivity index (χ1n) is 9.37. The number of carbonyl (C=O) groups is 3. The SMILES string of the molecule is C=C(C)C(=O)O.CC(CCNC(=O)OCCO)CC(C)(C)CNC(=O)OCCO. The van der Waals surface area contributed by atoms with Gasteiger partial charge in [-0.2, -0.15) is 0 Å². The minimum atomic E-state index is -0.935. The fourth-order valence-corrected chi connectivity index (χ4v) is 2.23. The molecule has 5 N–H and O–H groups in total. The molecule has 0 fully saturated rings. The monoisotopic (exact) mass is 420 g/mol. The van der Waals surface area contributed by atoms with Crippen molar-refractivity contribution in [2.24, 2.45) is 11.3 Å². The van der Waals surface area contributed by atoms with Crippen LogP contribution in [0.4, 0.5) is 9.59 Å². The van der Waals surface area contributed by atoms with Crippen molar-refractivity contribution < 1.29 is 39.2 Å². The molecule has 0 spiro atoms. The van der Waals surface area contributed by atoms with Crippen LogP contribution >= 0.6 is 0 Å². The van der Waals surface area contributed by atoms with Gasteiger partial charge >= 0.3 is 18.2 Å². The van der Waals surface area contributed by atoms with E-state index in [-0.39, 0.29) is 37.4 Å². The lowest BCUT2D eigenvalue weighted by atomic mass is 9.82. The Morgan fingerprint density at radius 1 is 1.03 bits per heavy atom. The van der Waals surface area contributed by atoms with Crippen molar-refractivity contribution in [2.45, 2.75) is 40.5 Å². The van der Waals surface area contributed by atoms with Gasteiger partial charge in [-0.25, -0.2) is 14.4 Å². The summed E-state index contributed by atoms with van der Waals surface area (Å²) >= 11 is 0. The molecule has 170 valence electrons. The summed E-state index contributed by atoms with van der Waals surface area (Å²) in [7, 11) is 0. The fraction of sp³-hybridized carbons (Fsp3) is 0.737. The molecule has 0 aromatic rings. The van der Waals surface area contributed by atoms with Gasteiger partial charge in [0.1, 0.15) is 13.2 Å². The lowest BCUT2D eigenvalue weighted by Crippen LogP contribution is -2.36. The molecule has 0 radical (unpaired) electrons. The molecule has 0 saturated carbocycles. The molecule has 0 rings (SSSR count). The van der Waals surface area contributed by atoms with E-state index >= 15 is 0 Å². The summed E-state index contributed by atoms with van der Waals surface area (Å²) in [6.07, 6.45) is 0.583. The summed E-state index contributed by atoms with van der Waals surface area (Å²) < 4.78 is 9.43. The predicted molar refractivity (Wildman–Crippen MR) is 108 cm³/mol. The van der Waals surface area contributed by atoms with E-state index in [2.05, 4.69) is 24.1 Å². The third-order valence-electron chi connectivity index (χ3n) is 3.53. The molecule has 29 heavy (non-hydrogen) atoms. The molecule has 0 aliphatic carbocycles. The highest BCUT2D eigenvalue weighted by Crippen LogP contribution is 2.26. The first-order chi connectivity index (χ1) is 13.4. The number of aliphatic hydroxyl groups excluding tert-OH is 2. The molecule has 0 aromatic carbocycles. The maximum Gasteiger partial charge on any atom is 0.407 e. The second-order valence-corrected chi connectivity index (χ2v) is 7.35. The highest BCUT2D eigenvalue weighted by Gasteiger charge is 2.22. The van der Waals surface area contributed by atoms with E-state index in [0.29, 0.717) is 19.0 Å². The molecule has 0 bridgehead atoms. The number of aliphatic hydroxyl groups is 2. The van der Waals surface area contributed by atoms with Crippen LogP contribution in [0.3, 0.4) is 0 Å². The molecule has 0 aliphatic rings. The summed E-state index contributed by atoms with van der Waals surface area (Å²) in [5.41, 5.74) is 0.0599. The average molecular weight is 421 g/mol. The van der Waals surface area contributed by atoms with Gasteiger partial charge in [0.15, 0.2) is 0 Å². The minimum Gasteiger partial charge on any atom is -0.478 e. The molecule has 10 heteroatoms. The zero-order valence-corrected chi connectivity index (χ0v) is 17.8. The summed E-state index contributed by atoms with van der Waals surface area (Å²) in [5.74, 6) is -0.589. The quantitative estimate of drug-likeness (QED) is 0.298. The number of carboxylic acid groups (broad SMARTS) is 1. The molecule has 2 amide bonds. The number of amides is 2. The van der Waals surface area contributed by atoms with Gasteiger partial charge in [-0.3, -0.25) is 0 Å². The van der Waals surface area contributed by atoms with Crippen molar-refractivity contribution in [3.63, 3.8) is 0 Å². The smallest absolute Gasteiger partial charge is 0.407 e. The third kappa shape index (κ3) is 20.2. The summed E-state index contributed by atoms with van der Waals surface area (Å²) in [5, 5.41) is 30.3. The molecular weight excluding hydrogens is 384 g/mol. The van der Waals surface area contributed by atoms with Crippen LogP contribution in [0.15, 0.2) is 12.2 Å². The number of carbonyl (C=O) groups excluding carboxylic acids is 2. The Hall–Kier alpha value is -2.33. The van der Waals surface area contributed by atoms with Crippen LogP contribution in [0.25, 0.3) is 0 Å². The fourth-order valence-electron chi connectivity index (χ4n) is 2.23. The molecule has 0 saturated heterocycles. The molecule has 0 aliphatic heterocycles. The average Bonchev–Trinajstić information content (AvgIpc) is 2.63. The van der Waals surface area contributed by atoms with E-state index in [4.69, 9.17) is 24.8 Å². The Kier molecular flexibility index (Phi) is 16.5. The van der Waals surface area contributed by atoms with Gasteiger partial charge in [0.2, 0.25) is 0 Å². The van der Waals surface area contributed by atoms with E-state index in [1.807, 2.05) is 13.8 Å². The first-order valence-corrected chi connectivity index (χ1v) is 9.37. The van der Waals surface area contributed by atoms with Crippen LogP contribution in [0, 0.1) is 11.3 Å². The number of rotatable bonds is 12. The Balaban J connectivity index is 0. The van der Waals surface area contributed by atoms with Crippen LogP contribution in [-0.2, 0) is 14.3 Å². The summed E-state index contributed by atoms with van der Waals surface area (Å²) in [4.78, 5) is 32.2. The van der Waals surface area contributed by atoms with Crippen molar-refractivity contribution >= 4 is 18.2 Å².